The van der Waals surface area contributed by atoms with Gasteiger partial charge < -0.3 is 4.90 Å². The Bertz CT molecular complexity index is 1300. The van der Waals surface area contributed by atoms with Crippen LogP contribution in [0.3, 0.4) is 0 Å². The van der Waals surface area contributed by atoms with Gasteiger partial charge >= 0.3 is 0 Å². The Morgan fingerprint density at radius 2 is 1.85 bits per heavy atom. The topological polar surface area (TPSA) is 63.4 Å². The minimum absolute atomic E-state index is 0.0714. The Morgan fingerprint density at radius 3 is 2.56 bits per heavy atom. The first-order chi connectivity index (χ1) is 16.4. The molecule has 8 heteroatoms. The third-order valence-electron chi connectivity index (χ3n) is 6.16. The van der Waals surface area contributed by atoms with Crippen molar-refractivity contribution in [2.45, 2.75) is 52.6 Å². The smallest absolute Gasteiger partial charge is 0.252 e. The second-order valence-corrected chi connectivity index (χ2v) is 8.36. The summed E-state index contributed by atoms with van der Waals surface area (Å²) in [7, 11) is 0. The van der Waals surface area contributed by atoms with Gasteiger partial charge in [-0.15, -0.1) is 0 Å². The second-order valence-electron chi connectivity index (χ2n) is 8.36. The number of carbonyl (C=O) groups is 1. The van der Waals surface area contributed by atoms with Crippen LogP contribution in [0, 0.1) is 25.5 Å². The molecule has 1 unspecified atom stereocenters. The lowest BCUT2D eigenvalue weighted by Crippen LogP contribution is -2.34. The van der Waals surface area contributed by atoms with E-state index in [-0.39, 0.29) is 36.5 Å². The molecule has 176 valence electrons. The van der Waals surface area contributed by atoms with E-state index in [0.29, 0.717) is 24.2 Å². The Balaban J connectivity index is 1.62. The average molecular weight is 464 g/mol. The molecule has 2 heterocycles. The van der Waals surface area contributed by atoms with Gasteiger partial charge in [0.15, 0.2) is 0 Å². The number of benzene rings is 2. The van der Waals surface area contributed by atoms with E-state index in [0.717, 1.165) is 22.5 Å². The van der Waals surface area contributed by atoms with E-state index in [1.807, 2.05) is 20.8 Å². The highest BCUT2D eigenvalue weighted by Gasteiger charge is 2.25. The first-order valence-electron chi connectivity index (χ1n) is 11.3. The molecule has 0 fully saturated rings. The number of rotatable bonds is 8. The van der Waals surface area contributed by atoms with Gasteiger partial charge in [-0.25, -0.2) is 18.3 Å². The summed E-state index contributed by atoms with van der Waals surface area (Å²) in [6, 6.07) is 12.2. The predicted molar refractivity (Wildman–Crippen MR) is 125 cm³/mol. The van der Waals surface area contributed by atoms with Crippen molar-refractivity contribution in [3.05, 3.63) is 94.6 Å². The maximum absolute atomic E-state index is 13.9. The van der Waals surface area contributed by atoms with Crippen LogP contribution in [0.15, 0.2) is 54.9 Å². The van der Waals surface area contributed by atoms with Crippen LogP contribution in [0.4, 0.5) is 8.78 Å². The third-order valence-corrected chi connectivity index (χ3v) is 6.16. The second kappa shape index (κ2) is 10.1. The number of halogens is 2. The van der Waals surface area contributed by atoms with Crippen molar-refractivity contribution in [2.24, 2.45) is 0 Å². The van der Waals surface area contributed by atoms with E-state index in [9.17, 15) is 13.6 Å². The Hall–Kier alpha value is -3.68. The molecule has 0 saturated carbocycles. The number of hydrogen-bond donors (Lipinski definition) is 0. The van der Waals surface area contributed by atoms with Crippen molar-refractivity contribution in [1.29, 1.82) is 0 Å². The Labute approximate surface area is 197 Å². The average Bonchev–Trinajstić information content (AvgIpc) is 3.28. The summed E-state index contributed by atoms with van der Waals surface area (Å²) in [5, 5.41) is 4.22. The number of nitrogens with zero attached hydrogens (tertiary/aromatic N) is 5. The monoisotopic (exact) mass is 463 g/mol. The highest BCUT2D eigenvalue weighted by Crippen LogP contribution is 2.28. The van der Waals surface area contributed by atoms with Crippen LogP contribution in [0.1, 0.15) is 53.9 Å². The zero-order chi connectivity index (χ0) is 24.2. The molecule has 34 heavy (non-hydrogen) atoms. The summed E-state index contributed by atoms with van der Waals surface area (Å²) < 4.78 is 29.1. The van der Waals surface area contributed by atoms with Crippen LogP contribution < -0.4 is 0 Å². The number of aromatic nitrogens is 4. The summed E-state index contributed by atoms with van der Waals surface area (Å²) in [6.07, 6.45) is 2.82. The zero-order valence-corrected chi connectivity index (χ0v) is 19.5. The molecule has 6 nitrogen and oxygen atoms in total. The zero-order valence-electron chi connectivity index (χ0n) is 19.5. The fourth-order valence-electron chi connectivity index (χ4n) is 4.42. The van der Waals surface area contributed by atoms with Crippen LogP contribution in [-0.4, -0.2) is 30.4 Å². The normalized spacial score (nSPS) is 12.1. The maximum Gasteiger partial charge on any atom is 0.252 e. The molecule has 1 amide bonds. The van der Waals surface area contributed by atoms with E-state index in [1.54, 1.807) is 33.7 Å². The van der Waals surface area contributed by atoms with Crippen LogP contribution >= 0.6 is 0 Å². The molecule has 4 aromatic rings. The molecule has 0 spiro atoms. The Kier molecular flexibility index (Phi) is 6.95. The summed E-state index contributed by atoms with van der Waals surface area (Å²) in [6.45, 7) is 6.08. The predicted octanol–water partition coefficient (Wildman–Crippen LogP) is 5.13. The molecule has 0 aliphatic heterocycles. The van der Waals surface area contributed by atoms with E-state index in [4.69, 9.17) is 0 Å². The largest absolute Gasteiger partial charge is 0.331 e. The fraction of sp³-hybridized carbons (Fsp3) is 0.308. The van der Waals surface area contributed by atoms with Crippen LogP contribution in [0.5, 0.6) is 0 Å². The van der Waals surface area contributed by atoms with E-state index < -0.39 is 0 Å². The number of carbonyl (C=O) groups excluding carboxylic acids is 1. The summed E-state index contributed by atoms with van der Waals surface area (Å²) in [4.78, 5) is 24.0. The van der Waals surface area contributed by atoms with Gasteiger partial charge in [0, 0.05) is 24.4 Å². The van der Waals surface area contributed by atoms with Crippen molar-refractivity contribution in [3.63, 3.8) is 0 Å². The molecule has 2 aromatic carbocycles. The van der Waals surface area contributed by atoms with Gasteiger partial charge in [0.05, 0.1) is 6.04 Å². The molecule has 0 radical (unpaired) electrons. The number of fused-ring (bicyclic) bond motifs is 1. The summed E-state index contributed by atoms with van der Waals surface area (Å²) >= 11 is 0. The molecule has 0 aliphatic rings. The van der Waals surface area contributed by atoms with Gasteiger partial charge in [0.25, 0.3) is 5.78 Å². The van der Waals surface area contributed by atoms with E-state index >= 15 is 0 Å². The highest BCUT2D eigenvalue weighted by atomic mass is 19.1. The maximum atomic E-state index is 13.9. The quantitative estimate of drug-likeness (QED) is 0.363. The lowest BCUT2D eigenvalue weighted by atomic mass is 10.00. The number of aryl methyl sites for hydroxylation is 2. The van der Waals surface area contributed by atoms with Gasteiger partial charge in [-0.2, -0.15) is 10.1 Å². The van der Waals surface area contributed by atoms with Crippen molar-refractivity contribution >= 4 is 11.7 Å². The minimum atomic E-state index is -0.349. The van der Waals surface area contributed by atoms with Crippen molar-refractivity contribution < 1.29 is 13.6 Å². The van der Waals surface area contributed by atoms with Gasteiger partial charge in [-0.1, -0.05) is 31.2 Å². The lowest BCUT2D eigenvalue weighted by molar-refractivity contribution is -0.134. The molecule has 0 aliphatic carbocycles. The molecule has 0 bridgehead atoms. The summed E-state index contributed by atoms with van der Waals surface area (Å²) in [5.74, 6) is -0.222. The van der Waals surface area contributed by atoms with Gasteiger partial charge in [-0.05, 0) is 67.6 Å². The van der Waals surface area contributed by atoms with Gasteiger partial charge in [-0.3, -0.25) is 4.79 Å². The lowest BCUT2D eigenvalue weighted by Gasteiger charge is -2.32. The van der Waals surface area contributed by atoms with E-state index in [2.05, 4.69) is 15.1 Å². The third kappa shape index (κ3) is 4.95. The van der Waals surface area contributed by atoms with Crippen molar-refractivity contribution in [3.8, 4) is 0 Å². The molecule has 4 rings (SSSR count). The summed E-state index contributed by atoms with van der Waals surface area (Å²) in [5.41, 5.74) is 4.20. The molecular weight excluding hydrogens is 436 g/mol. The van der Waals surface area contributed by atoms with Gasteiger partial charge in [0.2, 0.25) is 5.91 Å². The molecular formula is C26H27F2N5O. The van der Waals surface area contributed by atoms with Gasteiger partial charge in [0.1, 0.15) is 18.0 Å². The first-order valence-corrected chi connectivity index (χ1v) is 11.3. The molecule has 0 saturated heterocycles. The van der Waals surface area contributed by atoms with Crippen molar-refractivity contribution in [1.82, 2.24) is 24.5 Å². The molecule has 2 aromatic heterocycles. The van der Waals surface area contributed by atoms with Crippen LogP contribution in [-0.2, 0) is 17.8 Å². The molecule has 1 atom stereocenters. The standard InChI is InChI=1S/C26H27F2N5O/c1-4-24(20-8-10-21(27)11-9-20)32(15-19-6-5-7-22(28)14-19)25(34)13-12-23-17(2)31-26-29-16-30-33(26)18(23)3/h5-11,14,16,24H,4,12-13,15H2,1-3H3. The van der Waals surface area contributed by atoms with Crippen LogP contribution in [0.25, 0.3) is 5.78 Å². The van der Waals surface area contributed by atoms with Crippen LogP contribution in [0.2, 0.25) is 0 Å². The van der Waals surface area contributed by atoms with E-state index in [1.165, 1.54) is 30.6 Å². The fourth-order valence-corrected chi connectivity index (χ4v) is 4.42. The van der Waals surface area contributed by atoms with Crippen molar-refractivity contribution in [2.75, 3.05) is 0 Å². The molecule has 0 N–H and O–H groups in total. The Morgan fingerprint density at radius 1 is 1.09 bits per heavy atom. The number of hydrogen-bond acceptors (Lipinski definition) is 4. The minimum Gasteiger partial charge on any atom is -0.331 e. The first kappa shape index (κ1) is 23.5. The highest BCUT2D eigenvalue weighted by molar-refractivity contribution is 5.77. The number of amides is 1. The SMILES string of the molecule is CCC(c1ccc(F)cc1)N(Cc1cccc(F)c1)C(=O)CCc1c(C)nc2ncnn2c1C.